The summed E-state index contributed by atoms with van der Waals surface area (Å²) in [6, 6.07) is 3.75. The van der Waals surface area contributed by atoms with Gasteiger partial charge in [0.1, 0.15) is 23.1 Å². The fourth-order valence-corrected chi connectivity index (χ4v) is 2.62. The molecule has 4 nitrogen and oxygen atoms in total. The molecule has 0 bridgehead atoms. The first kappa shape index (κ1) is 16.6. The largest absolute Gasteiger partial charge is 0.496 e. The van der Waals surface area contributed by atoms with Crippen LogP contribution in [0, 0.1) is 20.8 Å². The van der Waals surface area contributed by atoms with E-state index in [0.29, 0.717) is 11.6 Å². The van der Waals surface area contributed by atoms with Crippen LogP contribution in [0.25, 0.3) is 0 Å². The molecule has 0 spiro atoms. The summed E-state index contributed by atoms with van der Waals surface area (Å²) < 4.78 is 31.5. The Labute approximate surface area is 136 Å². The van der Waals surface area contributed by atoms with Crippen LogP contribution in [-0.4, -0.2) is 17.1 Å². The number of rotatable bonds is 4. The molecule has 0 saturated heterocycles. The minimum atomic E-state index is -2.68. The van der Waals surface area contributed by atoms with Gasteiger partial charge in [-0.15, -0.1) is 0 Å². The molecule has 7 heteroatoms. The number of hydrogen-bond acceptors (Lipinski definition) is 4. The van der Waals surface area contributed by atoms with Gasteiger partial charge in [-0.1, -0.05) is 6.07 Å². The molecule has 2 aromatic rings. The van der Waals surface area contributed by atoms with Gasteiger partial charge in [0.05, 0.1) is 11.6 Å². The summed E-state index contributed by atoms with van der Waals surface area (Å²) in [4.78, 5) is 7.99. The van der Waals surface area contributed by atoms with Crippen LogP contribution >= 0.6 is 15.9 Å². The number of benzene rings is 1. The van der Waals surface area contributed by atoms with Crippen LogP contribution in [0.5, 0.6) is 5.75 Å². The molecule has 0 aliphatic rings. The number of alkyl halides is 2. The van der Waals surface area contributed by atoms with Gasteiger partial charge < -0.3 is 10.1 Å². The van der Waals surface area contributed by atoms with Crippen molar-refractivity contribution in [2.24, 2.45) is 0 Å². The number of aryl methyl sites for hydroxylation is 2. The van der Waals surface area contributed by atoms with Crippen molar-refractivity contribution in [1.29, 1.82) is 0 Å². The van der Waals surface area contributed by atoms with Gasteiger partial charge in [-0.25, -0.2) is 18.7 Å². The second kappa shape index (κ2) is 6.56. The third-order valence-corrected chi connectivity index (χ3v) is 4.06. The molecule has 1 heterocycles. The van der Waals surface area contributed by atoms with Crippen LogP contribution in [0.15, 0.2) is 16.6 Å². The number of ether oxygens (including phenoxy) is 1. The first-order valence-electron chi connectivity index (χ1n) is 6.58. The molecule has 22 heavy (non-hydrogen) atoms. The van der Waals surface area contributed by atoms with Crippen molar-refractivity contribution in [2.45, 2.75) is 27.2 Å². The van der Waals surface area contributed by atoms with Gasteiger partial charge in [-0.3, -0.25) is 0 Å². The average molecular weight is 372 g/mol. The molecule has 0 fully saturated rings. The lowest BCUT2D eigenvalue weighted by molar-refractivity contribution is 0.145. The molecule has 0 atom stereocenters. The maximum Gasteiger partial charge on any atom is 0.281 e. The highest BCUT2D eigenvalue weighted by molar-refractivity contribution is 9.10. The van der Waals surface area contributed by atoms with Crippen LogP contribution in [0.2, 0.25) is 0 Å². The normalized spacial score (nSPS) is 10.9. The zero-order valence-corrected chi connectivity index (χ0v) is 14.3. The zero-order chi connectivity index (χ0) is 16.4. The third-order valence-electron chi connectivity index (χ3n) is 3.28. The SMILES string of the molecule is COc1ccc(C)c(Nc2nc(C)nc(C(F)F)c2Br)c1C. The third kappa shape index (κ3) is 3.19. The molecule has 1 aromatic carbocycles. The van der Waals surface area contributed by atoms with Crippen LogP contribution in [0.1, 0.15) is 29.1 Å². The van der Waals surface area contributed by atoms with Crippen molar-refractivity contribution in [3.8, 4) is 5.75 Å². The summed E-state index contributed by atoms with van der Waals surface area (Å²) in [5.41, 5.74) is 2.29. The van der Waals surface area contributed by atoms with E-state index in [-0.39, 0.29) is 16.0 Å². The monoisotopic (exact) mass is 371 g/mol. The van der Waals surface area contributed by atoms with Crippen molar-refractivity contribution in [2.75, 3.05) is 12.4 Å². The molecule has 1 aromatic heterocycles. The Balaban J connectivity index is 2.52. The Morgan fingerprint density at radius 1 is 1.18 bits per heavy atom. The lowest BCUT2D eigenvalue weighted by atomic mass is 10.1. The molecule has 0 amide bonds. The van der Waals surface area contributed by atoms with Gasteiger partial charge in [0.25, 0.3) is 6.43 Å². The van der Waals surface area contributed by atoms with Crippen molar-refractivity contribution in [3.63, 3.8) is 0 Å². The van der Waals surface area contributed by atoms with Crippen LogP contribution in [-0.2, 0) is 0 Å². The van der Waals surface area contributed by atoms with Gasteiger partial charge in [-0.05, 0) is 48.3 Å². The molecular weight excluding hydrogens is 356 g/mol. The first-order chi connectivity index (χ1) is 10.3. The summed E-state index contributed by atoms with van der Waals surface area (Å²) in [6.07, 6.45) is -2.68. The quantitative estimate of drug-likeness (QED) is 0.833. The van der Waals surface area contributed by atoms with E-state index in [9.17, 15) is 8.78 Å². The van der Waals surface area contributed by atoms with E-state index in [2.05, 4.69) is 31.2 Å². The standard InChI is InChI=1S/C15H16BrF2N3O/c1-7-5-6-10(22-4)8(2)12(7)21-15-11(16)13(14(17)18)19-9(3)20-15/h5-6,14H,1-4H3,(H,19,20,21). The van der Waals surface area contributed by atoms with E-state index in [1.165, 1.54) is 0 Å². The maximum absolute atomic E-state index is 13.0. The number of nitrogens with zero attached hydrogens (tertiary/aromatic N) is 2. The zero-order valence-electron chi connectivity index (χ0n) is 12.7. The fraction of sp³-hybridized carbons (Fsp3) is 0.333. The summed E-state index contributed by atoms with van der Waals surface area (Å²) >= 11 is 3.16. The highest BCUT2D eigenvalue weighted by atomic mass is 79.9. The van der Waals surface area contributed by atoms with Crippen molar-refractivity contribution >= 4 is 27.4 Å². The Kier molecular flexibility index (Phi) is 4.95. The lowest BCUT2D eigenvalue weighted by Gasteiger charge is -2.17. The Morgan fingerprint density at radius 2 is 1.86 bits per heavy atom. The molecule has 0 unspecified atom stereocenters. The topological polar surface area (TPSA) is 47.0 Å². The van der Waals surface area contributed by atoms with Gasteiger partial charge in [0, 0.05) is 11.3 Å². The fourth-order valence-electron chi connectivity index (χ4n) is 2.17. The van der Waals surface area contributed by atoms with Gasteiger partial charge >= 0.3 is 0 Å². The second-order valence-corrected chi connectivity index (χ2v) is 5.62. The van der Waals surface area contributed by atoms with Crippen molar-refractivity contribution < 1.29 is 13.5 Å². The van der Waals surface area contributed by atoms with Gasteiger partial charge in [0.15, 0.2) is 0 Å². The Bertz CT molecular complexity index is 708. The molecule has 2 rings (SSSR count). The number of aromatic nitrogens is 2. The average Bonchev–Trinajstić information content (AvgIpc) is 2.46. The predicted octanol–water partition coefficient (Wildman–Crippen LogP) is 4.85. The van der Waals surface area contributed by atoms with E-state index < -0.39 is 6.43 Å². The highest BCUT2D eigenvalue weighted by Gasteiger charge is 2.20. The molecule has 118 valence electrons. The van der Waals surface area contributed by atoms with E-state index >= 15 is 0 Å². The number of nitrogens with one attached hydrogen (secondary N) is 1. The lowest BCUT2D eigenvalue weighted by Crippen LogP contribution is -2.06. The van der Waals surface area contributed by atoms with E-state index in [1.807, 2.05) is 26.0 Å². The molecule has 0 radical (unpaired) electrons. The minimum Gasteiger partial charge on any atom is -0.496 e. The van der Waals surface area contributed by atoms with Crippen LogP contribution in [0.3, 0.4) is 0 Å². The second-order valence-electron chi connectivity index (χ2n) is 4.83. The van der Waals surface area contributed by atoms with Gasteiger partial charge in [0.2, 0.25) is 0 Å². The van der Waals surface area contributed by atoms with Crippen LogP contribution < -0.4 is 10.1 Å². The Hall–Kier alpha value is -1.76. The summed E-state index contributed by atoms with van der Waals surface area (Å²) in [6.45, 7) is 5.39. The number of halogens is 3. The van der Waals surface area contributed by atoms with Crippen LogP contribution in [0.4, 0.5) is 20.3 Å². The molecule has 0 aliphatic carbocycles. The number of methoxy groups -OCH3 is 1. The smallest absolute Gasteiger partial charge is 0.281 e. The van der Waals surface area contributed by atoms with Crippen molar-refractivity contribution in [3.05, 3.63) is 39.3 Å². The number of hydrogen-bond donors (Lipinski definition) is 1. The van der Waals surface area contributed by atoms with E-state index in [4.69, 9.17) is 4.74 Å². The molecule has 1 N–H and O–H groups in total. The number of anilines is 2. The maximum atomic E-state index is 13.0. The first-order valence-corrected chi connectivity index (χ1v) is 7.37. The van der Waals surface area contributed by atoms with E-state index in [0.717, 1.165) is 16.8 Å². The molecular formula is C15H16BrF2N3O. The van der Waals surface area contributed by atoms with E-state index in [1.54, 1.807) is 14.0 Å². The van der Waals surface area contributed by atoms with Crippen molar-refractivity contribution in [1.82, 2.24) is 9.97 Å². The predicted molar refractivity (Wildman–Crippen MR) is 85.2 cm³/mol. The molecule has 0 aliphatic heterocycles. The van der Waals surface area contributed by atoms with Gasteiger partial charge in [-0.2, -0.15) is 0 Å². The summed E-state index contributed by atoms with van der Waals surface area (Å²) in [5.74, 6) is 1.30. The summed E-state index contributed by atoms with van der Waals surface area (Å²) in [5, 5.41) is 3.11. The highest BCUT2D eigenvalue weighted by Crippen LogP contribution is 2.35. The minimum absolute atomic E-state index is 0.162. The summed E-state index contributed by atoms with van der Waals surface area (Å²) in [7, 11) is 1.58. The Morgan fingerprint density at radius 3 is 2.45 bits per heavy atom. The molecule has 0 saturated carbocycles.